The van der Waals surface area contributed by atoms with Crippen molar-refractivity contribution < 1.29 is 17.9 Å². The number of carbonyl (C=O) groups is 1. The zero-order valence-electron chi connectivity index (χ0n) is 13.6. The first-order valence-electron chi connectivity index (χ1n) is 8.05. The van der Waals surface area contributed by atoms with Crippen molar-refractivity contribution in [3.63, 3.8) is 0 Å². The van der Waals surface area contributed by atoms with Crippen LogP contribution < -0.4 is 0 Å². The predicted octanol–water partition coefficient (Wildman–Crippen LogP) is 2.12. The molecule has 1 aliphatic heterocycles. The van der Waals surface area contributed by atoms with Crippen molar-refractivity contribution in [1.82, 2.24) is 4.90 Å². The van der Waals surface area contributed by atoms with Gasteiger partial charge in [-0.15, -0.1) is 0 Å². The third kappa shape index (κ3) is 3.15. The summed E-state index contributed by atoms with van der Waals surface area (Å²) >= 11 is 0. The second-order valence-corrected chi connectivity index (χ2v) is 8.71. The molecule has 0 bridgehead atoms. The number of benzene rings is 1. The van der Waals surface area contributed by atoms with Crippen molar-refractivity contribution in [3.8, 4) is 0 Å². The lowest BCUT2D eigenvalue weighted by Gasteiger charge is -2.44. The van der Waals surface area contributed by atoms with Crippen molar-refractivity contribution in [2.24, 2.45) is 5.41 Å². The van der Waals surface area contributed by atoms with Crippen LogP contribution in [0.2, 0.25) is 0 Å². The number of rotatable bonds is 4. The molecule has 5 nitrogen and oxygen atoms in total. The van der Waals surface area contributed by atoms with Crippen LogP contribution in [0.1, 0.15) is 36.5 Å². The highest BCUT2D eigenvalue weighted by atomic mass is 32.2. The van der Waals surface area contributed by atoms with Crippen LogP contribution in [0.5, 0.6) is 0 Å². The highest BCUT2D eigenvalue weighted by molar-refractivity contribution is 7.90. The Morgan fingerprint density at radius 3 is 2.70 bits per heavy atom. The largest absolute Gasteiger partial charge is 0.378 e. The van der Waals surface area contributed by atoms with Gasteiger partial charge >= 0.3 is 0 Å². The molecule has 126 valence electrons. The van der Waals surface area contributed by atoms with E-state index in [0.29, 0.717) is 19.2 Å². The van der Waals surface area contributed by atoms with Gasteiger partial charge in [-0.2, -0.15) is 0 Å². The molecule has 0 N–H and O–H groups in total. The van der Waals surface area contributed by atoms with Gasteiger partial charge in [-0.25, -0.2) is 8.42 Å². The van der Waals surface area contributed by atoms with E-state index in [1.54, 1.807) is 23.1 Å². The number of sulfone groups is 1. The smallest absolute Gasteiger partial charge is 0.255 e. The maximum atomic E-state index is 12.8. The van der Waals surface area contributed by atoms with Gasteiger partial charge < -0.3 is 9.64 Å². The summed E-state index contributed by atoms with van der Waals surface area (Å²) < 4.78 is 29.4. The van der Waals surface area contributed by atoms with E-state index in [2.05, 4.69) is 0 Å². The van der Waals surface area contributed by atoms with Gasteiger partial charge in [0.1, 0.15) is 0 Å². The second-order valence-electron chi connectivity index (χ2n) is 6.73. The Morgan fingerprint density at radius 2 is 2.04 bits per heavy atom. The monoisotopic (exact) mass is 337 g/mol. The highest BCUT2D eigenvalue weighted by Crippen LogP contribution is 2.49. The zero-order chi connectivity index (χ0) is 16.7. The van der Waals surface area contributed by atoms with Gasteiger partial charge in [-0.3, -0.25) is 4.79 Å². The van der Waals surface area contributed by atoms with Gasteiger partial charge in [0, 0.05) is 26.0 Å². The fourth-order valence-corrected chi connectivity index (χ4v) is 4.72. The molecule has 0 radical (unpaired) electrons. The van der Waals surface area contributed by atoms with E-state index in [1.165, 1.54) is 6.07 Å². The number of nitrogens with zero attached hydrogens (tertiary/aromatic N) is 1. The molecule has 1 aromatic carbocycles. The van der Waals surface area contributed by atoms with Crippen molar-refractivity contribution in [2.45, 2.75) is 37.2 Å². The Morgan fingerprint density at radius 1 is 1.35 bits per heavy atom. The van der Waals surface area contributed by atoms with E-state index in [4.69, 9.17) is 4.74 Å². The summed E-state index contributed by atoms with van der Waals surface area (Å²) in [5.41, 5.74) is 0.461. The molecule has 3 rings (SSSR count). The Labute approximate surface area is 137 Å². The number of carbonyl (C=O) groups excluding carboxylic acids is 1. The number of amides is 1. The molecule has 0 atom stereocenters. The standard InChI is InChI=1S/C17H23NO4S/c1-3-22-13-10-17(11-13)8-9-18(12-17)16(19)14-6-4-5-7-15(14)23(2,20)21/h4-7,13H,3,8-12H2,1-2H3. The molecular weight excluding hydrogens is 314 g/mol. The molecule has 1 heterocycles. The van der Waals surface area contributed by atoms with Crippen molar-refractivity contribution >= 4 is 15.7 Å². The lowest BCUT2D eigenvalue weighted by atomic mass is 9.66. The number of hydrogen-bond acceptors (Lipinski definition) is 4. The van der Waals surface area contributed by atoms with E-state index < -0.39 is 9.84 Å². The average molecular weight is 337 g/mol. The summed E-state index contributed by atoms with van der Waals surface area (Å²) in [6.07, 6.45) is 4.43. The minimum atomic E-state index is -3.41. The van der Waals surface area contributed by atoms with Crippen LogP contribution in [-0.4, -0.2) is 51.3 Å². The number of hydrogen-bond donors (Lipinski definition) is 0. The van der Waals surface area contributed by atoms with Gasteiger partial charge in [-0.05, 0) is 43.7 Å². The van der Waals surface area contributed by atoms with Crippen molar-refractivity contribution in [1.29, 1.82) is 0 Å². The van der Waals surface area contributed by atoms with Crippen LogP contribution in [-0.2, 0) is 14.6 Å². The van der Waals surface area contributed by atoms with E-state index in [1.807, 2.05) is 6.92 Å². The molecule has 1 spiro atoms. The van der Waals surface area contributed by atoms with Gasteiger partial charge in [-0.1, -0.05) is 12.1 Å². The molecule has 1 aromatic rings. The summed E-state index contributed by atoms with van der Waals surface area (Å²) in [6.45, 7) is 4.12. The first kappa shape index (κ1) is 16.5. The molecule has 1 saturated carbocycles. The molecule has 23 heavy (non-hydrogen) atoms. The first-order chi connectivity index (χ1) is 10.8. The number of likely N-dealkylation sites (tertiary alicyclic amines) is 1. The summed E-state index contributed by atoms with van der Waals surface area (Å²) in [6, 6.07) is 6.47. The summed E-state index contributed by atoms with van der Waals surface area (Å²) in [5.74, 6) is -0.178. The normalized spacial score (nSPS) is 27.2. The fourth-order valence-electron chi connectivity index (χ4n) is 3.84. The van der Waals surface area contributed by atoms with E-state index in [-0.39, 0.29) is 21.8 Å². The first-order valence-corrected chi connectivity index (χ1v) is 9.94. The van der Waals surface area contributed by atoms with Crippen LogP contribution in [0, 0.1) is 5.41 Å². The molecule has 0 aromatic heterocycles. The molecule has 2 fully saturated rings. The maximum absolute atomic E-state index is 12.8. The molecular formula is C17H23NO4S. The molecule has 6 heteroatoms. The van der Waals surface area contributed by atoms with E-state index >= 15 is 0 Å². The molecule has 1 saturated heterocycles. The van der Waals surface area contributed by atoms with Gasteiger partial charge in [0.25, 0.3) is 5.91 Å². The summed E-state index contributed by atoms with van der Waals surface area (Å²) in [7, 11) is -3.41. The van der Waals surface area contributed by atoms with Crippen molar-refractivity contribution in [3.05, 3.63) is 29.8 Å². The second kappa shape index (κ2) is 5.91. The Balaban J connectivity index is 1.74. The molecule has 2 aliphatic rings. The fraction of sp³-hybridized carbons (Fsp3) is 0.588. The number of ether oxygens (including phenoxy) is 1. The summed E-state index contributed by atoms with van der Waals surface area (Å²) in [4.78, 5) is 14.7. The quantitative estimate of drug-likeness (QED) is 0.844. The van der Waals surface area contributed by atoms with Crippen molar-refractivity contribution in [2.75, 3.05) is 26.0 Å². The van der Waals surface area contributed by atoms with Crippen LogP contribution in [0.4, 0.5) is 0 Å². The van der Waals surface area contributed by atoms with Gasteiger partial charge in [0.15, 0.2) is 9.84 Å². The lowest BCUT2D eigenvalue weighted by molar-refractivity contribution is -0.0707. The minimum absolute atomic E-state index is 0.117. The molecule has 1 amide bonds. The van der Waals surface area contributed by atoms with E-state index in [0.717, 1.165) is 32.1 Å². The Kier molecular flexibility index (Phi) is 4.23. The maximum Gasteiger partial charge on any atom is 0.255 e. The third-order valence-corrected chi connectivity index (χ3v) is 6.12. The highest BCUT2D eigenvalue weighted by Gasteiger charge is 2.50. The SMILES string of the molecule is CCOC1CC2(CCN(C(=O)c3ccccc3S(C)(=O)=O)C2)C1. The predicted molar refractivity (Wildman–Crippen MR) is 87.2 cm³/mol. The van der Waals surface area contributed by atoms with Crippen LogP contribution in [0.3, 0.4) is 0 Å². The van der Waals surface area contributed by atoms with Crippen LogP contribution >= 0.6 is 0 Å². The average Bonchev–Trinajstić information content (AvgIpc) is 2.91. The molecule has 1 aliphatic carbocycles. The topological polar surface area (TPSA) is 63.7 Å². The van der Waals surface area contributed by atoms with Crippen LogP contribution in [0.15, 0.2) is 29.2 Å². The zero-order valence-corrected chi connectivity index (χ0v) is 14.4. The Hall–Kier alpha value is -1.40. The Bertz CT molecular complexity index is 707. The third-order valence-electron chi connectivity index (χ3n) is 4.97. The minimum Gasteiger partial charge on any atom is -0.378 e. The van der Waals surface area contributed by atoms with Gasteiger partial charge in [0.2, 0.25) is 0 Å². The van der Waals surface area contributed by atoms with E-state index in [9.17, 15) is 13.2 Å². The lowest BCUT2D eigenvalue weighted by Crippen LogP contribution is -2.45. The van der Waals surface area contributed by atoms with Gasteiger partial charge in [0.05, 0.1) is 16.6 Å². The molecule has 0 unspecified atom stereocenters. The van der Waals surface area contributed by atoms with Crippen LogP contribution in [0.25, 0.3) is 0 Å². The summed E-state index contributed by atoms with van der Waals surface area (Å²) in [5, 5.41) is 0.